The number of halogens is 1. The SMILES string of the molecule is CN(CC(=O)O)CC(=O)O.OB(O)c1ccccc1Br. The maximum atomic E-state index is 9.96. The zero-order chi connectivity index (χ0) is 15.7. The van der Waals surface area contributed by atoms with Gasteiger partial charge in [0.25, 0.3) is 0 Å². The van der Waals surface area contributed by atoms with E-state index in [4.69, 9.17) is 20.3 Å². The van der Waals surface area contributed by atoms with Gasteiger partial charge in [-0.15, -0.1) is 0 Å². The number of carbonyl (C=O) groups is 2. The fraction of sp³-hybridized carbons (Fsp3) is 0.273. The van der Waals surface area contributed by atoms with Crippen molar-refractivity contribution in [3.05, 3.63) is 28.7 Å². The van der Waals surface area contributed by atoms with Crippen molar-refractivity contribution in [2.24, 2.45) is 0 Å². The number of nitrogens with zero attached hydrogens (tertiary/aromatic N) is 1. The predicted molar refractivity (Wildman–Crippen MR) is 76.7 cm³/mol. The van der Waals surface area contributed by atoms with Crippen LogP contribution in [0.4, 0.5) is 0 Å². The second-order valence-corrected chi connectivity index (χ2v) is 4.71. The van der Waals surface area contributed by atoms with Crippen LogP contribution in [0.15, 0.2) is 28.7 Å². The van der Waals surface area contributed by atoms with E-state index >= 15 is 0 Å². The number of hydrogen-bond acceptors (Lipinski definition) is 5. The Morgan fingerprint density at radius 1 is 1.15 bits per heavy atom. The number of carboxylic acids is 2. The average Bonchev–Trinajstić information content (AvgIpc) is 2.27. The van der Waals surface area contributed by atoms with Crippen LogP contribution >= 0.6 is 15.9 Å². The van der Waals surface area contributed by atoms with Crippen molar-refractivity contribution < 1.29 is 29.9 Å². The van der Waals surface area contributed by atoms with Gasteiger partial charge in [-0.3, -0.25) is 14.5 Å². The molecule has 0 bridgehead atoms. The minimum absolute atomic E-state index is 0.244. The molecule has 0 spiro atoms. The molecule has 1 aromatic rings. The molecule has 1 rings (SSSR count). The van der Waals surface area contributed by atoms with Crippen LogP contribution < -0.4 is 5.46 Å². The lowest BCUT2D eigenvalue weighted by Gasteiger charge is -2.08. The van der Waals surface area contributed by atoms with Crippen molar-refractivity contribution in [2.45, 2.75) is 0 Å². The maximum absolute atomic E-state index is 9.96. The Kier molecular flexibility index (Phi) is 8.81. The van der Waals surface area contributed by atoms with Gasteiger partial charge in [0.05, 0.1) is 13.1 Å². The Bertz CT molecular complexity index is 440. The Labute approximate surface area is 124 Å². The van der Waals surface area contributed by atoms with Gasteiger partial charge < -0.3 is 20.3 Å². The minimum atomic E-state index is -1.39. The number of hydrogen-bond donors (Lipinski definition) is 4. The first-order chi connectivity index (χ1) is 9.23. The van der Waals surface area contributed by atoms with E-state index < -0.39 is 19.1 Å². The van der Waals surface area contributed by atoms with Crippen molar-refractivity contribution in [3.8, 4) is 0 Å². The average molecular weight is 348 g/mol. The number of benzene rings is 1. The van der Waals surface area contributed by atoms with Gasteiger partial charge >= 0.3 is 19.1 Å². The van der Waals surface area contributed by atoms with Gasteiger partial charge in [0.2, 0.25) is 0 Å². The molecular formula is C11H15BBrNO6. The summed E-state index contributed by atoms with van der Waals surface area (Å²) in [4.78, 5) is 21.1. The predicted octanol–water partition coefficient (Wildman–Crippen LogP) is -0.784. The van der Waals surface area contributed by atoms with Gasteiger partial charge in [-0.05, 0) is 18.6 Å². The van der Waals surface area contributed by atoms with Crippen molar-refractivity contribution in [1.29, 1.82) is 0 Å². The number of aliphatic carboxylic acids is 2. The van der Waals surface area contributed by atoms with Gasteiger partial charge in [0.15, 0.2) is 0 Å². The van der Waals surface area contributed by atoms with E-state index in [1.165, 1.54) is 11.9 Å². The monoisotopic (exact) mass is 347 g/mol. The third-order valence-electron chi connectivity index (χ3n) is 1.99. The molecule has 9 heteroatoms. The number of likely N-dealkylation sites (N-methyl/N-ethyl adjacent to an activating group) is 1. The van der Waals surface area contributed by atoms with Crippen LogP contribution in [0.1, 0.15) is 0 Å². The van der Waals surface area contributed by atoms with E-state index in [0.29, 0.717) is 9.94 Å². The second-order valence-electron chi connectivity index (χ2n) is 3.85. The van der Waals surface area contributed by atoms with Gasteiger partial charge in [-0.25, -0.2) is 0 Å². The maximum Gasteiger partial charge on any atom is 0.489 e. The van der Waals surface area contributed by atoms with Crippen LogP contribution in [0.2, 0.25) is 0 Å². The van der Waals surface area contributed by atoms with Gasteiger partial charge in [0, 0.05) is 4.47 Å². The van der Waals surface area contributed by atoms with Crippen LogP contribution in [-0.2, 0) is 9.59 Å². The molecule has 0 radical (unpaired) electrons. The summed E-state index contributed by atoms with van der Waals surface area (Å²) in [7, 11) is 0.0398. The first-order valence-electron chi connectivity index (χ1n) is 5.46. The molecule has 0 saturated carbocycles. The minimum Gasteiger partial charge on any atom is -0.480 e. The van der Waals surface area contributed by atoms with Crippen molar-refractivity contribution in [1.82, 2.24) is 4.90 Å². The molecule has 0 fully saturated rings. The quantitative estimate of drug-likeness (QED) is 0.516. The molecule has 0 aliphatic carbocycles. The highest BCUT2D eigenvalue weighted by Gasteiger charge is 2.12. The van der Waals surface area contributed by atoms with E-state index in [9.17, 15) is 9.59 Å². The molecule has 0 aliphatic rings. The number of carboxylic acid groups (broad SMARTS) is 2. The van der Waals surface area contributed by atoms with Crippen molar-refractivity contribution >= 4 is 40.4 Å². The molecule has 0 saturated heterocycles. The normalized spacial score (nSPS) is 9.65. The molecule has 110 valence electrons. The first kappa shape index (κ1) is 18.6. The van der Waals surface area contributed by atoms with Crippen LogP contribution in [-0.4, -0.2) is 64.4 Å². The number of rotatable bonds is 5. The van der Waals surface area contributed by atoms with Crippen LogP contribution in [0.5, 0.6) is 0 Å². The van der Waals surface area contributed by atoms with E-state index in [-0.39, 0.29) is 13.1 Å². The highest BCUT2D eigenvalue weighted by Crippen LogP contribution is 2.04. The fourth-order valence-electron chi connectivity index (χ4n) is 1.20. The summed E-state index contributed by atoms with van der Waals surface area (Å²) in [5.74, 6) is -2.05. The molecule has 0 atom stereocenters. The molecule has 4 N–H and O–H groups in total. The zero-order valence-corrected chi connectivity index (χ0v) is 12.3. The van der Waals surface area contributed by atoms with Gasteiger partial charge in [-0.1, -0.05) is 34.1 Å². The summed E-state index contributed by atoms with van der Waals surface area (Å²) in [6.07, 6.45) is 0. The summed E-state index contributed by atoms with van der Waals surface area (Å²) in [5.41, 5.74) is 0.488. The Morgan fingerprint density at radius 2 is 1.60 bits per heavy atom. The molecule has 7 nitrogen and oxygen atoms in total. The summed E-state index contributed by atoms with van der Waals surface area (Å²) >= 11 is 3.18. The smallest absolute Gasteiger partial charge is 0.480 e. The summed E-state index contributed by atoms with van der Waals surface area (Å²) in [6, 6.07) is 6.97. The topological polar surface area (TPSA) is 118 Å². The summed E-state index contributed by atoms with van der Waals surface area (Å²) < 4.78 is 0.713. The molecule has 0 amide bonds. The van der Waals surface area contributed by atoms with Crippen molar-refractivity contribution in [2.75, 3.05) is 20.1 Å². The molecule has 0 aliphatic heterocycles. The van der Waals surface area contributed by atoms with Crippen LogP contribution in [0.3, 0.4) is 0 Å². The molecule has 0 heterocycles. The third kappa shape index (κ3) is 8.65. The Hall–Kier alpha value is -1.42. The summed E-state index contributed by atoms with van der Waals surface area (Å²) in [5, 5.41) is 33.8. The van der Waals surface area contributed by atoms with Crippen molar-refractivity contribution in [3.63, 3.8) is 0 Å². The molecule has 0 aromatic heterocycles. The van der Waals surface area contributed by atoms with E-state index in [0.717, 1.165) is 0 Å². The fourth-order valence-corrected chi connectivity index (χ4v) is 1.69. The van der Waals surface area contributed by atoms with E-state index in [1.54, 1.807) is 18.2 Å². The Morgan fingerprint density at radius 3 is 1.90 bits per heavy atom. The summed E-state index contributed by atoms with van der Waals surface area (Å²) in [6.45, 7) is -0.488. The largest absolute Gasteiger partial charge is 0.489 e. The van der Waals surface area contributed by atoms with Crippen LogP contribution in [0, 0.1) is 0 Å². The van der Waals surface area contributed by atoms with Gasteiger partial charge in [-0.2, -0.15) is 0 Å². The third-order valence-corrected chi connectivity index (χ3v) is 2.72. The highest BCUT2D eigenvalue weighted by molar-refractivity contribution is 9.10. The van der Waals surface area contributed by atoms with Gasteiger partial charge in [0.1, 0.15) is 0 Å². The van der Waals surface area contributed by atoms with E-state index in [1.807, 2.05) is 6.07 Å². The lowest BCUT2D eigenvalue weighted by Crippen LogP contribution is -2.30. The second kappa shape index (κ2) is 9.48. The molecule has 0 unspecified atom stereocenters. The standard InChI is InChI=1S/C6H6BBrO2.C5H9NO4/c8-6-4-2-1-3-5(6)7(9)10;1-6(2-4(7)8)3-5(9)10/h1-4,9-10H;2-3H2,1H3,(H,7,8)(H,9,10). The highest BCUT2D eigenvalue weighted by atomic mass is 79.9. The Balaban J connectivity index is 0.000000361. The molecule has 1 aromatic carbocycles. The molecule has 20 heavy (non-hydrogen) atoms. The lowest BCUT2D eigenvalue weighted by molar-refractivity contribution is -0.141. The zero-order valence-electron chi connectivity index (χ0n) is 10.7. The van der Waals surface area contributed by atoms with E-state index in [2.05, 4.69) is 15.9 Å². The molecular weight excluding hydrogens is 333 g/mol. The first-order valence-corrected chi connectivity index (χ1v) is 6.26. The lowest BCUT2D eigenvalue weighted by atomic mass is 9.80. The van der Waals surface area contributed by atoms with Crippen LogP contribution in [0.25, 0.3) is 0 Å².